The Morgan fingerprint density at radius 2 is 2.78 bits per heavy atom. The maximum atomic E-state index is 7.50. The van der Waals surface area contributed by atoms with Gasteiger partial charge in [-0.2, -0.15) is 0 Å². The molecule has 2 rings (SSSR count). The molecule has 3 heteroatoms. The van der Waals surface area contributed by atoms with Gasteiger partial charge < -0.3 is 0 Å². The van der Waals surface area contributed by atoms with Crippen molar-refractivity contribution < 1.29 is 1.37 Å². The summed E-state index contributed by atoms with van der Waals surface area (Å²) in [4.78, 5) is 9.15. The maximum Gasteiger partial charge on any atom is 0.0801 e. The van der Waals surface area contributed by atoms with E-state index in [1.54, 1.807) is 23.1 Å². The van der Waals surface area contributed by atoms with E-state index in [4.69, 9.17) is 1.37 Å². The van der Waals surface area contributed by atoms with Crippen LogP contribution in [0.3, 0.4) is 0 Å². The van der Waals surface area contributed by atoms with Crippen LogP contribution in [0.5, 0.6) is 0 Å². The summed E-state index contributed by atoms with van der Waals surface area (Å²) in [7, 11) is 0. The van der Waals surface area contributed by atoms with Crippen molar-refractivity contribution in [2.45, 2.75) is 6.40 Å². The van der Waals surface area contributed by atoms with E-state index >= 15 is 0 Å². The molecule has 1 aliphatic heterocycles. The minimum Gasteiger partial charge on any atom is -0.291 e. The Bertz CT molecular complexity index is 268. The lowest BCUT2D eigenvalue weighted by Gasteiger charge is -1.99. The van der Waals surface area contributed by atoms with E-state index in [1.807, 2.05) is 0 Å². The first kappa shape index (κ1) is 4.17. The summed E-state index contributed by atoms with van der Waals surface area (Å²) in [6.07, 6.45) is 1.57. The summed E-state index contributed by atoms with van der Waals surface area (Å²) < 4.78 is 7.50. The first-order chi connectivity index (χ1) is 4.88. The van der Waals surface area contributed by atoms with Crippen LogP contribution in [-0.4, -0.2) is 17.7 Å². The van der Waals surface area contributed by atoms with E-state index in [0.29, 0.717) is 6.54 Å². The zero-order chi connectivity index (χ0) is 6.97. The van der Waals surface area contributed by atoms with E-state index in [9.17, 15) is 0 Å². The topological polar surface area (TPSA) is 25.2 Å². The van der Waals surface area contributed by atoms with Gasteiger partial charge in [0.05, 0.1) is 16.1 Å². The number of fused-ring (bicyclic) bond motifs is 1. The smallest absolute Gasteiger partial charge is 0.0801 e. The number of thiazole rings is 1. The molecule has 0 spiro atoms. The fourth-order valence-electron chi connectivity index (χ4n) is 0.789. The van der Waals surface area contributed by atoms with Gasteiger partial charge in [0.2, 0.25) is 0 Å². The van der Waals surface area contributed by atoms with Gasteiger partial charge in [0.25, 0.3) is 0 Å². The van der Waals surface area contributed by atoms with Gasteiger partial charge in [0, 0.05) is 20.5 Å². The average Bonchev–Trinajstić information content (AvgIpc) is 2.36. The lowest BCUT2D eigenvalue weighted by molar-refractivity contribution is 0.922. The van der Waals surface area contributed by atoms with E-state index in [1.165, 1.54) is 0 Å². The molecule has 2 heterocycles. The fraction of sp³-hybridized carbons (Fsp3) is 0.333. The molecule has 1 aromatic rings. The Morgan fingerprint density at radius 1 is 1.78 bits per heavy atom. The summed E-state index contributed by atoms with van der Waals surface area (Å²) in [5, 5.41) is 0. The van der Waals surface area contributed by atoms with E-state index in [-0.39, 0.29) is 6.40 Å². The molecular weight excluding hydrogens is 132 g/mol. The summed E-state index contributed by atoms with van der Waals surface area (Å²) in [6.45, 7) is 0.566. The van der Waals surface area contributed by atoms with Gasteiger partial charge in [-0.25, -0.2) is 4.98 Å². The van der Waals surface area contributed by atoms with Crippen molar-refractivity contribution >= 4 is 17.6 Å². The monoisotopic (exact) mass is 140 g/mol. The Balaban J connectivity index is 2.52. The quantitative estimate of drug-likeness (QED) is 0.530. The lowest BCUT2D eigenvalue weighted by atomic mass is 10.2. The number of aliphatic imine (C=N–C) groups is 1. The number of rotatable bonds is 0. The molecule has 1 unspecified atom stereocenters. The Hall–Kier alpha value is -0.700. The molecule has 0 amide bonds. The molecule has 0 radical (unpaired) electrons. The van der Waals surface area contributed by atoms with E-state index in [2.05, 4.69) is 9.98 Å². The second kappa shape index (κ2) is 1.92. The highest BCUT2D eigenvalue weighted by Crippen LogP contribution is 2.13. The molecule has 0 saturated carbocycles. The lowest BCUT2D eigenvalue weighted by Crippen LogP contribution is -1.99. The van der Waals surface area contributed by atoms with Crippen LogP contribution in [0.15, 0.2) is 10.5 Å². The molecule has 0 aromatic carbocycles. The highest BCUT2D eigenvalue weighted by atomic mass is 32.1. The molecule has 1 aromatic heterocycles. The second-order valence-electron chi connectivity index (χ2n) is 1.80. The van der Waals surface area contributed by atoms with Crippen molar-refractivity contribution in [3.63, 3.8) is 0 Å². The third-order valence-corrected chi connectivity index (χ3v) is 2.00. The third kappa shape index (κ3) is 0.772. The third-order valence-electron chi connectivity index (χ3n) is 1.22. The molecule has 0 fully saturated rings. The summed E-state index contributed by atoms with van der Waals surface area (Å²) in [5.41, 5.74) is 2.66. The van der Waals surface area contributed by atoms with Crippen LogP contribution in [-0.2, 0) is 6.40 Å². The molecule has 0 bridgehead atoms. The van der Waals surface area contributed by atoms with Crippen LogP contribution in [0.4, 0.5) is 0 Å². The molecule has 0 aliphatic carbocycles. The van der Waals surface area contributed by atoms with Gasteiger partial charge in [0.15, 0.2) is 0 Å². The first-order valence-electron chi connectivity index (χ1n) is 3.31. The molecule has 0 N–H and O–H groups in total. The van der Waals surface area contributed by atoms with Gasteiger partial charge >= 0.3 is 0 Å². The molecule has 2 nitrogen and oxygen atoms in total. The van der Waals surface area contributed by atoms with Crippen LogP contribution < -0.4 is 0 Å². The van der Waals surface area contributed by atoms with Gasteiger partial charge in [-0.1, -0.05) is 0 Å². The van der Waals surface area contributed by atoms with Crippen molar-refractivity contribution in [2.75, 3.05) is 6.54 Å². The van der Waals surface area contributed by atoms with Gasteiger partial charge in [0.1, 0.15) is 0 Å². The van der Waals surface area contributed by atoms with Crippen molar-refractivity contribution in [1.29, 1.82) is 0 Å². The minimum atomic E-state index is -0.230. The molecule has 46 valence electrons. The largest absolute Gasteiger partial charge is 0.291 e. The number of aromatic nitrogens is 1. The molecule has 9 heavy (non-hydrogen) atoms. The predicted octanol–water partition coefficient (Wildman–Crippen LogP) is 1.12. The zero-order valence-corrected chi connectivity index (χ0v) is 5.56. The molecular formula is C6H6N2S. The molecule has 0 saturated heterocycles. The number of hydrogen-bond donors (Lipinski definition) is 0. The van der Waals surface area contributed by atoms with Gasteiger partial charge in [-0.3, -0.25) is 4.99 Å². The van der Waals surface area contributed by atoms with Crippen molar-refractivity contribution in [2.24, 2.45) is 4.99 Å². The highest BCUT2D eigenvalue weighted by molar-refractivity contribution is 7.11. The maximum absolute atomic E-state index is 7.50. The first-order valence-corrected chi connectivity index (χ1v) is 3.61. The van der Waals surface area contributed by atoms with Crippen molar-refractivity contribution in [3.8, 4) is 0 Å². The Kier molecular flexibility index (Phi) is 0.887. The summed E-state index contributed by atoms with van der Waals surface area (Å²) in [5.74, 6) is 0. The predicted molar refractivity (Wildman–Crippen MR) is 38.3 cm³/mol. The Morgan fingerprint density at radius 3 is 3.67 bits per heavy atom. The normalized spacial score (nSPS) is 25.3. The van der Waals surface area contributed by atoms with E-state index in [0.717, 1.165) is 10.6 Å². The fourth-order valence-corrected chi connectivity index (χ4v) is 1.46. The SMILES string of the molecule is [3H]C1CN=Cc2scnc21. The number of hydrogen-bond acceptors (Lipinski definition) is 3. The van der Waals surface area contributed by atoms with Crippen LogP contribution in [0, 0.1) is 0 Å². The standard InChI is InChI=1S/C6H6N2S/c1-2-7-3-6-5(1)8-4-9-6/h3-4H,1-2H2/i1T. The van der Waals surface area contributed by atoms with Gasteiger partial charge in [-0.15, -0.1) is 11.3 Å². The highest BCUT2D eigenvalue weighted by Gasteiger charge is 2.05. The minimum absolute atomic E-state index is 0.230. The zero-order valence-electron chi connectivity index (χ0n) is 5.74. The van der Waals surface area contributed by atoms with Crippen molar-refractivity contribution in [1.82, 2.24) is 4.98 Å². The summed E-state index contributed by atoms with van der Waals surface area (Å²) in [6, 6.07) is 0. The Labute approximate surface area is 58.7 Å². The molecule has 1 atom stereocenters. The molecule has 1 aliphatic rings. The second-order valence-corrected chi connectivity index (χ2v) is 2.69. The van der Waals surface area contributed by atoms with Crippen LogP contribution >= 0.6 is 11.3 Å². The van der Waals surface area contributed by atoms with Gasteiger partial charge in [-0.05, 0) is 0 Å². The van der Waals surface area contributed by atoms with Crippen molar-refractivity contribution in [3.05, 3.63) is 16.1 Å². The number of nitrogens with zero attached hydrogens (tertiary/aromatic N) is 2. The van der Waals surface area contributed by atoms with Crippen LogP contribution in [0.1, 0.15) is 11.9 Å². The van der Waals surface area contributed by atoms with E-state index < -0.39 is 0 Å². The average molecular weight is 140 g/mol. The van der Waals surface area contributed by atoms with Crippen LogP contribution in [0.25, 0.3) is 0 Å². The van der Waals surface area contributed by atoms with Crippen LogP contribution in [0.2, 0.25) is 0 Å². The summed E-state index contributed by atoms with van der Waals surface area (Å²) >= 11 is 1.55.